The molecule has 114 valence electrons. The van der Waals surface area contributed by atoms with Crippen molar-refractivity contribution >= 4 is 23.4 Å². The van der Waals surface area contributed by atoms with Crippen molar-refractivity contribution in [3.63, 3.8) is 0 Å². The number of nitrogens with one attached hydrogen (secondary N) is 1. The maximum atomic E-state index is 4.77. The van der Waals surface area contributed by atoms with Gasteiger partial charge in [-0.3, -0.25) is 0 Å². The zero-order valence-electron chi connectivity index (χ0n) is 13.7. The van der Waals surface area contributed by atoms with E-state index in [1.807, 2.05) is 18.8 Å². The van der Waals surface area contributed by atoms with Gasteiger partial charge < -0.3 is 10.2 Å². The monoisotopic (exact) mass is 296 g/mol. The minimum absolute atomic E-state index is 0.482. The highest BCUT2D eigenvalue weighted by Gasteiger charge is 2.17. The number of anilines is 2. The van der Waals surface area contributed by atoms with E-state index in [1.54, 1.807) is 0 Å². The first-order valence-electron chi connectivity index (χ1n) is 7.32. The van der Waals surface area contributed by atoms with Crippen LogP contribution in [0.25, 0.3) is 0 Å². The Kier molecular flexibility index (Phi) is 7.13. The predicted molar refractivity (Wildman–Crippen MR) is 91.2 cm³/mol. The standard InChI is InChI=1S/C15H28N4S/c1-7-8-13-17-14(16-4)12(3)15(18-13)19(5)11(2)9-10-20-6/h11H,7-10H2,1-6H3,(H,16,17,18). The van der Waals surface area contributed by atoms with Crippen molar-refractivity contribution in [2.45, 2.75) is 46.1 Å². The van der Waals surface area contributed by atoms with Crippen molar-refractivity contribution in [2.75, 3.05) is 36.3 Å². The highest BCUT2D eigenvalue weighted by Crippen LogP contribution is 2.25. The van der Waals surface area contributed by atoms with E-state index in [2.05, 4.69) is 49.3 Å². The topological polar surface area (TPSA) is 41.1 Å². The molecule has 0 fully saturated rings. The lowest BCUT2D eigenvalue weighted by Crippen LogP contribution is -2.31. The normalized spacial score (nSPS) is 12.3. The van der Waals surface area contributed by atoms with Crippen molar-refractivity contribution in [1.82, 2.24) is 9.97 Å². The Hall–Kier alpha value is -0.970. The van der Waals surface area contributed by atoms with Gasteiger partial charge in [0.25, 0.3) is 0 Å². The van der Waals surface area contributed by atoms with Crippen LogP contribution in [0.4, 0.5) is 11.6 Å². The summed E-state index contributed by atoms with van der Waals surface area (Å²) in [5.74, 6) is 4.11. The van der Waals surface area contributed by atoms with Crippen LogP contribution in [-0.4, -0.2) is 42.1 Å². The summed E-state index contributed by atoms with van der Waals surface area (Å²) in [4.78, 5) is 11.6. The zero-order valence-corrected chi connectivity index (χ0v) is 14.5. The average molecular weight is 296 g/mol. The Morgan fingerprint density at radius 2 is 2.05 bits per heavy atom. The van der Waals surface area contributed by atoms with E-state index in [9.17, 15) is 0 Å². The molecule has 1 N–H and O–H groups in total. The average Bonchev–Trinajstić information content (AvgIpc) is 2.45. The summed E-state index contributed by atoms with van der Waals surface area (Å²) in [6.07, 6.45) is 5.31. The molecule has 0 aromatic carbocycles. The molecule has 5 heteroatoms. The number of hydrogen-bond donors (Lipinski definition) is 1. The summed E-state index contributed by atoms with van der Waals surface area (Å²) >= 11 is 1.89. The number of rotatable bonds is 8. The van der Waals surface area contributed by atoms with Crippen LogP contribution in [0.3, 0.4) is 0 Å². The van der Waals surface area contributed by atoms with E-state index < -0.39 is 0 Å². The fraction of sp³-hybridized carbons (Fsp3) is 0.733. The molecule has 20 heavy (non-hydrogen) atoms. The third-order valence-electron chi connectivity index (χ3n) is 3.61. The van der Waals surface area contributed by atoms with Crippen LogP contribution in [-0.2, 0) is 6.42 Å². The second kappa shape index (κ2) is 8.35. The highest BCUT2D eigenvalue weighted by molar-refractivity contribution is 7.98. The van der Waals surface area contributed by atoms with Gasteiger partial charge in [0.05, 0.1) is 0 Å². The molecule has 1 aromatic heterocycles. The summed E-state index contributed by atoms with van der Waals surface area (Å²) in [5, 5.41) is 3.19. The van der Waals surface area contributed by atoms with Gasteiger partial charge in [0.1, 0.15) is 17.5 Å². The van der Waals surface area contributed by atoms with E-state index in [4.69, 9.17) is 4.98 Å². The van der Waals surface area contributed by atoms with Gasteiger partial charge in [-0.05, 0) is 38.7 Å². The summed E-state index contributed by atoms with van der Waals surface area (Å²) < 4.78 is 0. The lowest BCUT2D eigenvalue weighted by molar-refractivity contribution is 0.656. The molecule has 1 heterocycles. The van der Waals surface area contributed by atoms with E-state index in [1.165, 1.54) is 12.2 Å². The van der Waals surface area contributed by atoms with E-state index in [-0.39, 0.29) is 0 Å². The van der Waals surface area contributed by atoms with Gasteiger partial charge in [0.15, 0.2) is 0 Å². The van der Waals surface area contributed by atoms with Crippen LogP contribution < -0.4 is 10.2 Å². The van der Waals surface area contributed by atoms with Gasteiger partial charge in [-0.25, -0.2) is 9.97 Å². The maximum Gasteiger partial charge on any atom is 0.137 e. The van der Waals surface area contributed by atoms with Gasteiger partial charge in [-0.1, -0.05) is 6.92 Å². The quantitative estimate of drug-likeness (QED) is 0.796. The number of aromatic nitrogens is 2. The van der Waals surface area contributed by atoms with E-state index >= 15 is 0 Å². The zero-order chi connectivity index (χ0) is 15.1. The molecule has 1 atom stereocenters. The molecule has 0 aliphatic rings. The molecule has 0 aliphatic heterocycles. The van der Waals surface area contributed by atoms with Crippen molar-refractivity contribution < 1.29 is 0 Å². The molecule has 0 radical (unpaired) electrons. The molecule has 0 amide bonds. The first-order valence-corrected chi connectivity index (χ1v) is 8.71. The van der Waals surface area contributed by atoms with Crippen LogP contribution in [0.15, 0.2) is 0 Å². The Balaban J connectivity index is 3.04. The summed E-state index contributed by atoms with van der Waals surface area (Å²) in [7, 11) is 4.06. The number of thioether (sulfide) groups is 1. The fourth-order valence-electron chi connectivity index (χ4n) is 2.16. The SMILES string of the molecule is CCCc1nc(NC)c(C)c(N(C)C(C)CCSC)n1. The first-order chi connectivity index (χ1) is 9.54. The minimum Gasteiger partial charge on any atom is -0.373 e. The second-order valence-electron chi connectivity index (χ2n) is 5.18. The van der Waals surface area contributed by atoms with Gasteiger partial charge >= 0.3 is 0 Å². The Labute approximate surface area is 127 Å². The van der Waals surface area contributed by atoms with Crippen LogP contribution >= 0.6 is 11.8 Å². The highest BCUT2D eigenvalue weighted by atomic mass is 32.2. The van der Waals surface area contributed by atoms with Crippen molar-refractivity contribution in [2.24, 2.45) is 0 Å². The second-order valence-corrected chi connectivity index (χ2v) is 6.16. The lowest BCUT2D eigenvalue weighted by Gasteiger charge is -2.28. The molecule has 0 saturated carbocycles. The number of aryl methyl sites for hydroxylation is 1. The third-order valence-corrected chi connectivity index (χ3v) is 4.26. The lowest BCUT2D eigenvalue weighted by atomic mass is 10.2. The van der Waals surface area contributed by atoms with Gasteiger partial charge in [-0.2, -0.15) is 11.8 Å². The smallest absolute Gasteiger partial charge is 0.137 e. The fourth-order valence-corrected chi connectivity index (χ4v) is 2.74. The predicted octanol–water partition coefficient (Wildman–Crippen LogP) is 3.36. The minimum atomic E-state index is 0.482. The first kappa shape index (κ1) is 17.1. The van der Waals surface area contributed by atoms with Crippen molar-refractivity contribution in [1.29, 1.82) is 0 Å². The molecule has 4 nitrogen and oxygen atoms in total. The molecule has 0 aliphatic carbocycles. The van der Waals surface area contributed by atoms with Crippen LogP contribution in [0.5, 0.6) is 0 Å². The Bertz CT molecular complexity index is 423. The van der Waals surface area contributed by atoms with E-state index in [0.29, 0.717) is 6.04 Å². The molecule has 0 bridgehead atoms. The van der Waals surface area contributed by atoms with Crippen molar-refractivity contribution in [3.05, 3.63) is 11.4 Å². The Morgan fingerprint density at radius 1 is 1.35 bits per heavy atom. The molecule has 0 spiro atoms. The van der Waals surface area contributed by atoms with E-state index in [0.717, 1.165) is 35.9 Å². The molecular weight excluding hydrogens is 268 g/mol. The molecule has 1 rings (SSSR count). The third kappa shape index (κ3) is 4.27. The Morgan fingerprint density at radius 3 is 2.60 bits per heavy atom. The molecule has 1 aromatic rings. The molecule has 0 saturated heterocycles. The number of nitrogens with zero attached hydrogens (tertiary/aromatic N) is 3. The number of hydrogen-bond acceptors (Lipinski definition) is 5. The van der Waals surface area contributed by atoms with Gasteiger partial charge in [-0.15, -0.1) is 0 Å². The summed E-state index contributed by atoms with van der Waals surface area (Å²) in [6.45, 7) is 6.51. The summed E-state index contributed by atoms with van der Waals surface area (Å²) in [6, 6.07) is 0.482. The summed E-state index contributed by atoms with van der Waals surface area (Å²) in [5.41, 5.74) is 1.13. The van der Waals surface area contributed by atoms with Crippen LogP contribution in [0, 0.1) is 6.92 Å². The largest absolute Gasteiger partial charge is 0.373 e. The van der Waals surface area contributed by atoms with Crippen molar-refractivity contribution in [3.8, 4) is 0 Å². The molecule has 1 unspecified atom stereocenters. The van der Waals surface area contributed by atoms with Crippen LogP contribution in [0.2, 0.25) is 0 Å². The van der Waals surface area contributed by atoms with Gasteiger partial charge in [0, 0.05) is 32.1 Å². The maximum absolute atomic E-state index is 4.77. The molecular formula is C15H28N4S. The van der Waals surface area contributed by atoms with Gasteiger partial charge in [0.2, 0.25) is 0 Å². The van der Waals surface area contributed by atoms with Crippen LogP contribution in [0.1, 0.15) is 38.1 Å².